The average Bonchev–Trinajstić information content (AvgIpc) is 2.54. The van der Waals surface area contributed by atoms with Gasteiger partial charge in [0.25, 0.3) is 5.91 Å². The number of halogens is 3. The number of benzene rings is 1. The largest absolute Gasteiger partial charge is 0.484 e. The second kappa shape index (κ2) is 8.22. The molecule has 0 spiro atoms. The highest BCUT2D eigenvalue weighted by Crippen LogP contribution is 2.30. The zero-order chi connectivity index (χ0) is 18.4. The molecule has 1 fully saturated rings. The van der Waals surface area contributed by atoms with E-state index < -0.39 is 30.3 Å². The van der Waals surface area contributed by atoms with Crippen LogP contribution in [0.3, 0.4) is 0 Å². The third-order valence-electron chi connectivity index (χ3n) is 4.23. The number of hydrogen-bond donors (Lipinski definition) is 2. The van der Waals surface area contributed by atoms with Crippen molar-refractivity contribution in [2.24, 2.45) is 5.92 Å². The highest BCUT2D eigenvalue weighted by Gasteiger charge is 2.30. The summed E-state index contributed by atoms with van der Waals surface area (Å²) in [7, 11) is 0. The lowest BCUT2D eigenvalue weighted by atomic mass is 9.86. The van der Waals surface area contributed by atoms with E-state index in [1.807, 2.05) is 0 Å². The lowest BCUT2D eigenvalue weighted by Gasteiger charge is -2.29. The summed E-state index contributed by atoms with van der Waals surface area (Å²) in [5.74, 6) is -0.191. The lowest BCUT2D eigenvalue weighted by molar-refractivity contribution is -0.137. The quantitative estimate of drug-likeness (QED) is 0.866. The minimum atomic E-state index is -4.43. The second-order valence-electron chi connectivity index (χ2n) is 6.20. The Morgan fingerprint density at radius 1 is 1.16 bits per heavy atom. The van der Waals surface area contributed by atoms with Crippen molar-refractivity contribution in [2.45, 2.75) is 44.8 Å². The van der Waals surface area contributed by atoms with E-state index in [1.54, 1.807) is 0 Å². The summed E-state index contributed by atoms with van der Waals surface area (Å²) in [5, 5.41) is 4.93. The van der Waals surface area contributed by atoms with E-state index in [1.165, 1.54) is 0 Å². The molecule has 2 N–H and O–H groups in total. The summed E-state index contributed by atoms with van der Waals surface area (Å²) in [4.78, 5) is 23.5. The molecule has 0 radical (unpaired) electrons. The number of carbonyl (C=O) groups excluding carboxylic acids is 2. The average molecular weight is 358 g/mol. The van der Waals surface area contributed by atoms with Crippen LogP contribution in [0.2, 0.25) is 0 Å². The zero-order valence-corrected chi connectivity index (χ0v) is 13.9. The van der Waals surface area contributed by atoms with Gasteiger partial charge in [-0.2, -0.15) is 13.2 Å². The molecule has 5 nitrogen and oxygen atoms in total. The molecule has 1 aromatic rings. The van der Waals surface area contributed by atoms with Crippen molar-refractivity contribution in [3.63, 3.8) is 0 Å². The van der Waals surface area contributed by atoms with E-state index in [9.17, 15) is 22.8 Å². The minimum absolute atomic E-state index is 0.0392. The Morgan fingerprint density at radius 3 is 2.40 bits per heavy atom. The Morgan fingerprint density at radius 2 is 1.80 bits per heavy atom. The van der Waals surface area contributed by atoms with Crippen molar-refractivity contribution in [3.05, 3.63) is 29.8 Å². The van der Waals surface area contributed by atoms with Gasteiger partial charge in [-0.1, -0.05) is 19.8 Å². The van der Waals surface area contributed by atoms with E-state index in [0.29, 0.717) is 5.92 Å². The van der Waals surface area contributed by atoms with Crippen LogP contribution in [0.4, 0.5) is 18.0 Å². The number of amides is 3. The topological polar surface area (TPSA) is 67.4 Å². The van der Waals surface area contributed by atoms with Crippen LogP contribution in [-0.4, -0.2) is 24.6 Å². The fourth-order valence-corrected chi connectivity index (χ4v) is 2.79. The van der Waals surface area contributed by atoms with Crippen LogP contribution in [-0.2, 0) is 11.0 Å². The highest BCUT2D eigenvalue weighted by atomic mass is 19.4. The molecule has 0 aliphatic heterocycles. The molecule has 1 saturated carbocycles. The molecular weight excluding hydrogens is 337 g/mol. The molecule has 0 heterocycles. The van der Waals surface area contributed by atoms with Crippen molar-refractivity contribution in [2.75, 3.05) is 6.61 Å². The molecule has 138 valence electrons. The summed E-state index contributed by atoms with van der Waals surface area (Å²) in [6, 6.07) is 3.44. The number of ether oxygens (including phenoxy) is 1. The number of alkyl halides is 3. The van der Waals surface area contributed by atoms with Crippen molar-refractivity contribution >= 4 is 11.9 Å². The summed E-state index contributed by atoms with van der Waals surface area (Å²) in [6.45, 7) is 1.60. The van der Waals surface area contributed by atoms with Crippen LogP contribution < -0.4 is 15.4 Å². The summed E-state index contributed by atoms with van der Waals surface area (Å²) in [6.07, 6.45) is -0.327. The minimum Gasteiger partial charge on any atom is -0.484 e. The van der Waals surface area contributed by atoms with E-state index in [2.05, 4.69) is 17.6 Å². The van der Waals surface area contributed by atoms with Crippen LogP contribution in [0.25, 0.3) is 0 Å². The first-order valence-corrected chi connectivity index (χ1v) is 8.16. The molecule has 1 aliphatic rings. The maximum absolute atomic E-state index is 12.4. The Balaban J connectivity index is 1.75. The van der Waals surface area contributed by atoms with E-state index in [0.717, 1.165) is 49.9 Å². The number of nitrogens with one attached hydrogen (secondary N) is 2. The first kappa shape index (κ1) is 19.1. The second-order valence-corrected chi connectivity index (χ2v) is 6.20. The highest BCUT2D eigenvalue weighted by molar-refractivity contribution is 5.95. The molecular formula is C17H21F3N2O3. The van der Waals surface area contributed by atoms with Crippen molar-refractivity contribution in [3.8, 4) is 5.75 Å². The summed E-state index contributed by atoms with van der Waals surface area (Å²) >= 11 is 0. The van der Waals surface area contributed by atoms with Gasteiger partial charge in [-0.3, -0.25) is 10.1 Å². The first-order valence-electron chi connectivity index (χ1n) is 8.16. The number of hydrogen-bond acceptors (Lipinski definition) is 3. The molecule has 2 rings (SSSR count). The zero-order valence-electron chi connectivity index (χ0n) is 13.9. The smallest absolute Gasteiger partial charge is 0.416 e. The molecule has 8 heteroatoms. The fourth-order valence-electron chi connectivity index (χ4n) is 2.79. The van der Waals surface area contributed by atoms with Gasteiger partial charge in [0.1, 0.15) is 5.75 Å². The number of carbonyl (C=O) groups is 2. The third-order valence-corrected chi connectivity index (χ3v) is 4.23. The molecule has 0 aromatic heterocycles. The Bertz CT molecular complexity index is 602. The predicted molar refractivity (Wildman–Crippen MR) is 85.0 cm³/mol. The molecule has 0 saturated heterocycles. The summed E-state index contributed by atoms with van der Waals surface area (Å²) in [5.41, 5.74) is -0.801. The van der Waals surface area contributed by atoms with Crippen LogP contribution in [0, 0.1) is 5.92 Å². The van der Waals surface area contributed by atoms with Gasteiger partial charge in [0, 0.05) is 6.04 Å². The SMILES string of the molecule is C[C@H]1CCCC[C@@H]1NC(=O)NC(=O)COc1ccc(C(F)(F)F)cc1. The first-order chi connectivity index (χ1) is 11.8. The Kier molecular flexibility index (Phi) is 6.27. The van der Waals surface area contributed by atoms with E-state index in [4.69, 9.17) is 4.74 Å². The van der Waals surface area contributed by atoms with E-state index in [-0.39, 0.29) is 11.8 Å². The predicted octanol–water partition coefficient (Wildman–Crippen LogP) is 3.49. The van der Waals surface area contributed by atoms with Gasteiger partial charge in [0.2, 0.25) is 0 Å². The molecule has 0 unspecified atom stereocenters. The van der Waals surface area contributed by atoms with Gasteiger partial charge in [0.15, 0.2) is 6.61 Å². The van der Waals surface area contributed by atoms with Gasteiger partial charge in [-0.25, -0.2) is 4.79 Å². The third kappa shape index (κ3) is 5.95. The van der Waals surface area contributed by atoms with Gasteiger partial charge in [-0.15, -0.1) is 0 Å². The monoisotopic (exact) mass is 358 g/mol. The number of rotatable bonds is 4. The van der Waals surface area contributed by atoms with Gasteiger partial charge in [0.05, 0.1) is 5.56 Å². The van der Waals surface area contributed by atoms with E-state index >= 15 is 0 Å². The molecule has 25 heavy (non-hydrogen) atoms. The van der Waals surface area contributed by atoms with Crippen LogP contribution in [0.5, 0.6) is 5.75 Å². The molecule has 1 aromatic carbocycles. The lowest BCUT2D eigenvalue weighted by Crippen LogP contribution is -2.48. The van der Waals surface area contributed by atoms with Gasteiger partial charge >= 0.3 is 12.2 Å². The van der Waals surface area contributed by atoms with Crippen LogP contribution in [0.15, 0.2) is 24.3 Å². The van der Waals surface area contributed by atoms with Gasteiger partial charge in [-0.05, 0) is 43.0 Å². The van der Waals surface area contributed by atoms with Gasteiger partial charge < -0.3 is 10.1 Å². The summed E-state index contributed by atoms with van der Waals surface area (Å²) < 4.78 is 42.4. The van der Waals surface area contributed by atoms with Crippen LogP contribution >= 0.6 is 0 Å². The standard InChI is InChI=1S/C17H21F3N2O3/c1-11-4-2-3-5-14(11)21-16(24)22-15(23)10-25-13-8-6-12(7-9-13)17(18,19)20/h6-9,11,14H,2-5,10H2,1H3,(H2,21,22,23,24)/t11-,14-/m0/s1. The molecule has 1 aliphatic carbocycles. The van der Waals surface area contributed by atoms with Crippen molar-refractivity contribution in [1.29, 1.82) is 0 Å². The van der Waals surface area contributed by atoms with Crippen molar-refractivity contribution in [1.82, 2.24) is 10.6 Å². The molecule has 2 atom stereocenters. The molecule has 3 amide bonds. The number of urea groups is 1. The van der Waals surface area contributed by atoms with Crippen LogP contribution in [0.1, 0.15) is 38.2 Å². The normalized spacial score (nSPS) is 20.6. The fraction of sp³-hybridized carbons (Fsp3) is 0.529. The Hall–Kier alpha value is -2.25. The maximum Gasteiger partial charge on any atom is 0.416 e. The molecule has 0 bridgehead atoms. The maximum atomic E-state index is 12.4. The Labute approximate surface area is 143 Å². The number of imide groups is 1. The van der Waals surface area contributed by atoms with Crippen molar-refractivity contribution < 1.29 is 27.5 Å².